The maximum Gasteiger partial charge on any atom is 0.253 e. The van der Waals surface area contributed by atoms with Gasteiger partial charge >= 0.3 is 0 Å². The lowest BCUT2D eigenvalue weighted by molar-refractivity contribution is 0.0989. The van der Waals surface area contributed by atoms with Crippen LogP contribution in [0.1, 0.15) is 67.2 Å². The SMILES string of the molecule is CCc1ccc2[nH]c(=O)c(C(c3nnnn3C3CCCC3)N3CCN(Cc4ccc(Cl)cc4)CC3)cc2c1. The third-order valence-electron chi connectivity index (χ3n) is 8.17. The second kappa shape index (κ2) is 11.0. The lowest BCUT2D eigenvalue weighted by Gasteiger charge is -2.39. The first-order valence-electron chi connectivity index (χ1n) is 13.7. The van der Waals surface area contributed by atoms with E-state index in [1.807, 2.05) is 22.9 Å². The van der Waals surface area contributed by atoms with Crippen molar-refractivity contribution in [3.05, 3.63) is 86.4 Å². The van der Waals surface area contributed by atoms with Gasteiger partial charge in [-0.2, -0.15) is 0 Å². The molecule has 4 aromatic rings. The van der Waals surface area contributed by atoms with Crippen molar-refractivity contribution in [1.82, 2.24) is 35.0 Å². The minimum atomic E-state index is -0.304. The molecular weight excluding hydrogens is 498 g/mol. The third kappa shape index (κ3) is 5.13. The minimum absolute atomic E-state index is 0.0729. The number of rotatable bonds is 7. The lowest BCUT2D eigenvalue weighted by Crippen LogP contribution is -2.48. The topological polar surface area (TPSA) is 82.9 Å². The van der Waals surface area contributed by atoms with Gasteiger partial charge in [-0.05, 0) is 76.5 Å². The van der Waals surface area contributed by atoms with Crippen molar-refractivity contribution in [2.24, 2.45) is 0 Å². The Hall–Kier alpha value is -3.07. The number of aromatic amines is 1. The quantitative estimate of drug-likeness (QED) is 0.370. The maximum absolute atomic E-state index is 13.6. The Morgan fingerprint density at radius 1 is 1.00 bits per heavy atom. The van der Waals surface area contributed by atoms with Crippen LogP contribution in [0.4, 0.5) is 0 Å². The van der Waals surface area contributed by atoms with Crippen LogP contribution in [-0.2, 0) is 13.0 Å². The minimum Gasteiger partial charge on any atom is -0.322 e. The van der Waals surface area contributed by atoms with Crippen LogP contribution < -0.4 is 5.56 Å². The zero-order valence-corrected chi connectivity index (χ0v) is 22.6. The summed E-state index contributed by atoms with van der Waals surface area (Å²) in [5.74, 6) is 0.777. The number of benzene rings is 2. The molecule has 0 amide bonds. The fourth-order valence-electron chi connectivity index (χ4n) is 6.01. The van der Waals surface area contributed by atoms with Gasteiger partial charge in [-0.15, -0.1) is 5.10 Å². The Morgan fingerprint density at radius 3 is 2.47 bits per heavy atom. The number of hydrogen-bond acceptors (Lipinski definition) is 6. The molecule has 3 heterocycles. The van der Waals surface area contributed by atoms with Gasteiger partial charge in [-0.1, -0.05) is 49.6 Å². The molecule has 1 aliphatic heterocycles. The van der Waals surface area contributed by atoms with E-state index in [0.717, 1.165) is 73.7 Å². The Balaban J connectivity index is 1.34. The number of fused-ring (bicyclic) bond motifs is 1. The van der Waals surface area contributed by atoms with Crippen molar-refractivity contribution in [2.75, 3.05) is 26.2 Å². The summed E-state index contributed by atoms with van der Waals surface area (Å²) in [5, 5.41) is 14.9. The smallest absolute Gasteiger partial charge is 0.253 e. The monoisotopic (exact) mass is 531 g/mol. The molecule has 1 atom stereocenters. The predicted octanol–water partition coefficient (Wildman–Crippen LogP) is 4.75. The first kappa shape index (κ1) is 25.2. The molecule has 38 heavy (non-hydrogen) atoms. The first-order valence-corrected chi connectivity index (χ1v) is 14.1. The number of nitrogens with one attached hydrogen (secondary N) is 1. The molecule has 1 saturated carbocycles. The molecule has 2 aromatic heterocycles. The Labute approximate surface area is 227 Å². The van der Waals surface area contributed by atoms with Crippen molar-refractivity contribution < 1.29 is 0 Å². The average molecular weight is 532 g/mol. The number of nitrogens with zero attached hydrogens (tertiary/aromatic N) is 6. The molecule has 8 nitrogen and oxygen atoms in total. The fourth-order valence-corrected chi connectivity index (χ4v) is 6.14. The van der Waals surface area contributed by atoms with Crippen LogP contribution in [0.5, 0.6) is 0 Å². The van der Waals surface area contributed by atoms with E-state index < -0.39 is 0 Å². The molecule has 0 bridgehead atoms. The van der Waals surface area contributed by atoms with Crippen LogP contribution in [0, 0.1) is 0 Å². The van der Waals surface area contributed by atoms with Crippen molar-refractivity contribution >= 4 is 22.5 Å². The van der Waals surface area contributed by atoms with Gasteiger partial charge < -0.3 is 4.98 Å². The predicted molar refractivity (Wildman–Crippen MR) is 149 cm³/mol. The maximum atomic E-state index is 13.6. The van der Waals surface area contributed by atoms with Gasteiger partial charge in [0.25, 0.3) is 5.56 Å². The van der Waals surface area contributed by atoms with Crippen LogP contribution in [0.2, 0.25) is 5.02 Å². The van der Waals surface area contributed by atoms with Crippen molar-refractivity contribution in [2.45, 2.75) is 57.7 Å². The van der Waals surface area contributed by atoms with Crippen LogP contribution in [0.15, 0.2) is 53.3 Å². The highest BCUT2D eigenvalue weighted by atomic mass is 35.5. The summed E-state index contributed by atoms with van der Waals surface area (Å²) in [6.45, 7) is 6.47. The van der Waals surface area contributed by atoms with Crippen molar-refractivity contribution in [1.29, 1.82) is 0 Å². The van der Waals surface area contributed by atoms with Crippen molar-refractivity contribution in [3.8, 4) is 0 Å². The van der Waals surface area contributed by atoms with Crippen LogP contribution in [0.3, 0.4) is 0 Å². The Kier molecular flexibility index (Phi) is 7.28. The second-order valence-electron chi connectivity index (χ2n) is 10.6. The number of hydrogen-bond donors (Lipinski definition) is 1. The van der Waals surface area contributed by atoms with E-state index in [1.54, 1.807) is 0 Å². The van der Waals surface area contributed by atoms with Crippen molar-refractivity contribution in [3.63, 3.8) is 0 Å². The molecule has 1 saturated heterocycles. The number of tetrazole rings is 1. The summed E-state index contributed by atoms with van der Waals surface area (Å²) in [4.78, 5) is 21.5. The van der Waals surface area contributed by atoms with Crippen LogP contribution in [0.25, 0.3) is 10.9 Å². The lowest BCUT2D eigenvalue weighted by atomic mass is 10.0. The number of piperazine rings is 1. The van der Waals surface area contributed by atoms with Crippen LogP contribution in [-0.4, -0.2) is 61.2 Å². The van der Waals surface area contributed by atoms with Gasteiger partial charge in [0, 0.05) is 48.8 Å². The molecule has 0 radical (unpaired) electrons. The summed E-state index contributed by atoms with van der Waals surface area (Å²) in [5.41, 5.74) is 4.00. The van der Waals surface area contributed by atoms with E-state index in [1.165, 1.54) is 24.0 Å². The number of H-pyrrole nitrogens is 1. The Morgan fingerprint density at radius 2 is 1.74 bits per heavy atom. The number of halogens is 1. The van der Waals surface area contributed by atoms with Gasteiger partial charge in [0.15, 0.2) is 5.82 Å². The molecule has 1 aliphatic carbocycles. The van der Waals surface area contributed by atoms with E-state index in [0.29, 0.717) is 11.6 Å². The highest BCUT2D eigenvalue weighted by Gasteiger charge is 2.34. The summed E-state index contributed by atoms with van der Waals surface area (Å²) >= 11 is 6.07. The summed E-state index contributed by atoms with van der Waals surface area (Å²) in [6.07, 6.45) is 5.48. The van der Waals surface area contributed by atoms with E-state index in [-0.39, 0.29) is 11.6 Å². The summed E-state index contributed by atoms with van der Waals surface area (Å²) < 4.78 is 2.00. The zero-order valence-electron chi connectivity index (χ0n) is 21.8. The molecule has 2 fully saturated rings. The second-order valence-corrected chi connectivity index (χ2v) is 11.0. The number of pyridine rings is 1. The molecule has 2 aliphatic rings. The zero-order chi connectivity index (χ0) is 26.1. The highest BCUT2D eigenvalue weighted by Crippen LogP contribution is 2.34. The first-order chi connectivity index (χ1) is 18.6. The summed E-state index contributed by atoms with van der Waals surface area (Å²) in [6, 6.07) is 16.4. The van der Waals surface area contributed by atoms with E-state index in [4.69, 9.17) is 11.6 Å². The normalized spacial score (nSPS) is 18.4. The summed E-state index contributed by atoms with van der Waals surface area (Å²) in [7, 11) is 0. The molecule has 9 heteroatoms. The van der Waals surface area contributed by atoms with Gasteiger partial charge in [0.05, 0.1) is 6.04 Å². The van der Waals surface area contributed by atoms with E-state index >= 15 is 0 Å². The highest BCUT2D eigenvalue weighted by molar-refractivity contribution is 6.30. The Bertz CT molecular complexity index is 1450. The molecular formula is C29H34ClN7O. The van der Waals surface area contributed by atoms with Gasteiger partial charge in [0.1, 0.15) is 6.04 Å². The van der Waals surface area contributed by atoms with Crippen LogP contribution >= 0.6 is 11.6 Å². The molecule has 198 valence electrons. The standard InChI is InChI=1S/C29H34ClN7O/c1-2-20-9-12-26-22(17-20)18-25(29(38)31-26)27(28-32-33-34-37(28)24-5-3-4-6-24)36-15-13-35(14-16-36)19-21-7-10-23(30)11-8-21/h7-12,17-18,24,27H,2-6,13-16,19H2,1H3,(H,31,38). The molecule has 1 unspecified atom stereocenters. The van der Waals surface area contributed by atoms with E-state index in [2.05, 4.69) is 67.6 Å². The number of aryl methyl sites for hydroxylation is 1. The molecule has 6 rings (SSSR count). The molecule has 0 spiro atoms. The van der Waals surface area contributed by atoms with Gasteiger partial charge in [0.2, 0.25) is 0 Å². The van der Waals surface area contributed by atoms with Gasteiger partial charge in [-0.25, -0.2) is 4.68 Å². The third-order valence-corrected chi connectivity index (χ3v) is 8.42. The molecule has 1 N–H and O–H groups in total. The fraction of sp³-hybridized carbons (Fsp3) is 0.448. The average Bonchev–Trinajstić information content (AvgIpc) is 3.64. The number of aromatic nitrogens is 5. The molecule has 2 aromatic carbocycles. The van der Waals surface area contributed by atoms with Gasteiger partial charge in [-0.3, -0.25) is 14.6 Å². The largest absolute Gasteiger partial charge is 0.322 e. The van der Waals surface area contributed by atoms with E-state index in [9.17, 15) is 4.79 Å².